The molecular formula is C18H16ClFN2O2. The number of fused-ring (bicyclic) bond motifs is 1. The molecule has 0 unspecified atom stereocenters. The van der Waals surface area contributed by atoms with Crippen molar-refractivity contribution in [2.24, 2.45) is 5.92 Å². The van der Waals surface area contributed by atoms with Crippen molar-refractivity contribution in [3.05, 3.63) is 58.6 Å². The van der Waals surface area contributed by atoms with E-state index in [1.807, 2.05) is 6.07 Å². The maximum atomic E-state index is 13.8. The molecule has 0 radical (unpaired) electrons. The summed E-state index contributed by atoms with van der Waals surface area (Å²) in [6.07, 6.45) is 4.50. The Kier molecular flexibility index (Phi) is 3.98. The average Bonchev–Trinajstić information content (AvgIpc) is 3.23. The number of carbonyl (C=O) groups excluding carboxylic acids is 1. The first-order valence-electron chi connectivity index (χ1n) is 7.96. The van der Waals surface area contributed by atoms with Crippen LogP contribution in [-0.2, 0) is 16.0 Å². The molecule has 1 saturated heterocycles. The lowest BCUT2D eigenvalue weighted by Crippen LogP contribution is -2.36. The minimum atomic E-state index is -0.492. The average molecular weight is 347 g/mol. The first-order chi connectivity index (χ1) is 11.6. The number of carbonyl (C=O) groups is 1. The topological polar surface area (TPSA) is 42.4 Å². The summed E-state index contributed by atoms with van der Waals surface area (Å²) < 4.78 is 19.5. The number of rotatable bonds is 2. The van der Waals surface area contributed by atoms with Gasteiger partial charge in [-0.3, -0.25) is 9.78 Å². The van der Waals surface area contributed by atoms with Gasteiger partial charge in [-0.15, -0.1) is 0 Å². The van der Waals surface area contributed by atoms with Gasteiger partial charge in [-0.2, -0.15) is 0 Å². The molecule has 4 rings (SSSR count). The van der Waals surface area contributed by atoms with Crippen LogP contribution in [0.5, 0.6) is 0 Å². The molecule has 1 amide bonds. The van der Waals surface area contributed by atoms with E-state index in [-0.39, 0.29) is 16.8 Å². The molecule has 124 valence electrons. The SMILES string of the molecule is O=C([C@@H]1CCO[C@H]1c1ccc(Cl)c(F)c1)N1CCc2cnccc21. The molecule has 1 fully saturated rings. The van der Waals surface area contributed by atoms with Gasteiger partial charge >= 0.3 is 0 Å². The Bertz CT molecular complexity index is 798. The van der Waals surface area contributed by atoms with Crippen molar-refractivity contribution in [3.63, 3.8) is 0 Å². The second kappa shape index (κ2) is 6.15. The highest BCUT2D eigenvalue weighted by molar-refractivity contribution is 6.30. The number of halogens is 2. The van der Waals surface area contributed by atoms with Crippen molar-refractivity contribution >= 4 is 23.2 Å². The first-order valence-corrected chi connectivity index (χ1v) is 8.34. The fourth-order valence-electron chi connectivity index (χ4n) is 3.52. The summed E-state index contributed by atoms with van der Waals surface area (Å²) in [7, 11) is 0. The van der Waals surface area contributed by atoms with Gasteiger partial charge in [-0.1, -0.05) is 17.7 Å². The smallest absolute Gasteiger partial charge is 0.233 e. The molecule has 3 heterocycles. The number of pyridine rings is 1. The van der Waals surface area contributed by atoms with E-state index in [0.29, 0.717) is 25.1 Å². The molecule has 2 aromatic rings. The van der Waals surface area contributed by atoms with Gasteiger partial charge in [0.2, 0.25) is 5.91 Å². The summed E-state index contributed by atoms with van der Waals surface area (Å²) in [4.78, 5) is 19.0. The van der Waals surface area contributed by atoms with E-state index in [2.05, 4.69) is 4.98 Å². The quantitative estimate of drug-likeness (QED) is 0.835. The van der Waals surface area contributed by atoms with Crippen molar-refractivity contribution in [2.45, 2.75) is 18.9 Å². The largest absolute Gasteiger partial charge is 0.373 e. The summed E-state index contributed by atoms with van der Waals surface area (Å²) in [6.45, 7) is 1.14. The van der Waals surface area contributed by atoms with Gasteiger partial charge in [0.05, 0.1) is 17.0 Å². The van der Waals surface area contributed by atoms with Crippen molar-refractivity contribution in [3.8, 4) is 0 Å². The predicted octanol–water partition coefficient (Wildman–Crippen LogP) is 3.54. The van der Waals surface area contributed by atoms with E-state index in [0.717, 1.165) is 17.7 Å². The Morgan fingerprint density at radius 2 is 2.25 bits per heavy atom. The summed E-state index contributed by atoms with van der Waals surface area (Å²) in [5.41, 5.74) is 2.66. The van der Waals surface area contributed by atoms with Gasteiger partial charge in [-0.25, -0.2) is 4.39 Å². The lowest BCUT2D eigenvalue weighted by Gasteiger charge is -2.24. The van der Waals surface area contributed by atoms with E-state index in [9.17, 15) is 9.18 Å². The minimum absolute atomic E-state index is 0.0257. The van der Waals surface area contributed by atoms with Crippen molar-refractivity contribution in [1.82, 2.24) is 4.98 Å². The number of hydrogen-bond acceptors (Lipinski definition) is 3. The zero-order chi connectivity index (χ0) is 16.7. The Morgan fingerprint density at radius 1 is 1.38 bits per heavy atom. The Hall–Kier alpha value is -1.98. The molecule has 0 aliphatic carbocycles. The highest BCUT2D eigenvalue weighted by atomic mass is 35.5. The van der Waals surface area contributed by atoms with Crippen molar-refractivity contribution in [1.29, 1.82) is 0 Å². The van der Waals surface area contributed by atoms with Gasteiger partial charge in [0, 0.05) is 31.2 Å². The molecule has 2 aliphatic rings. The number of hydrogen-bond donors (Lipinski definition) is 0. The standard InChI is InChI=1S/C18H16ClFN2O2/c19-14-2-1-11(9-15(14)20)17-13(5-8-24-17)18(23)22-7-4-12-10-21-6-3-16(12)22/h1-3,6,9-10,13,17H,4-5,7-8H2/t13-,17+/m1/s1. The van der Waals surface area contributed by atoms with E-state index in [4.69, 9.17) is 16.3 Å². The third-order valence-corrected chi connectivity index (χ3v) is 5.03. The molecule has 2 atom stereocenters. The Morgan fingerprint density at radius 3 is 3.08 bits per heavy atom. The monoisotopic (exact) mass is 346 g/mol. The normalized spacial score (nSPS) is 22.7. The van der Waals surface area contributed by atoms with Gasteiger partial charge in [-0.05, 0) is 42.2 Å². The third-order valence-electron chi connectivity index (χ3n) is 4.72. The molecule has 0 bridgehead atoms. The van der Waals surface area contributed by atoms with Crippen LogP contribution in [0, 0.1) is 11.7 Å². The van der Waals surface area contributed by atoms with Crippen LogP contribution in [0.2, 0.25) is 5.02 Å². The maximum absolute atomic E-state index is 13.8. The third kappa shape index (κ3) is 2.58. The van der Waals surface area contributed by atoms with Crippen LogP contribution in [0.25, 0.3) is 0 Å². The minimum Gasteiger partial charge on any atom is -0.373 e. The van der Waals surface area contributed by atoms with E-state index in [1.165, 1.54) is 12.1 Å². The number of anilines is 1. The summed E-state index contributed by atoms with van der Waals surface area (Å²) >= 11 is 5.75. The molecule has 4 nitrogen and oxygen atoms in total. The lowest BCUT2D eigenvalue weighted by atomic mass is 9.94. The van der Waals surface area contributed by atoms with Gasteiger partial charge in [0.1, 0.15) is 5.82 Å². The van der Waals surface area contributed by atoms with Crippen LogP contribution in [0.3, 0.4) is 0 Å². The molecule has 0 N–H and O–H groups in total. The molecule has 0 spiro atoms. The molecule has 1 aromatic carbocycles. The van der Waals surface area contributed by atoms with Crippen LogP contribution in [0.4, 0.5) is 10.1 Å². The number of benzene rings is 1. The highest BCUT2D eigenvalue weighted by Crippen LogP contribution is 2.39. The molecule has 6 heteroatoms. The highest BCUT2D eigenvalue weighted by Gasteiger charge is 2.39. The first kappa shape index (κ1) is 15.5. The lowest BCUT2D eigenvalue weighted by molar-refractivity contribution is -0.124. The molecule has 24 heavy (non-hydrogen) atoms. The van der Waals surface area contributed by atoms with Gasteiger partial charge in [0.25, 0.3) is 0 Å². The van der Waals surface area contributed by atoms with Crippen molar-refractivity contribution < 1.29 is 13.9 Å². The number of amides is 1. The van der Waals surface area contributed by atoms with E-state index in [1.54, 1.807) is 23.4 Å². The summed E-state index contributed by atoms with van der Waals surface area (Å²) in [5.74, 6) is -0.782. The van der Waals surface area contributed by atoms with Crippen molar-refractivity contribution in [2.75, 3.05) is 18.1 Å². The number of ether oxygens (including phenoxy) is 1. The van der Waals surface area contributed by atoms with E-state index < -0.39 is 11.9 Å². The molecule has 0 saturated carbocycles. The fraction of sp³-hybridized carbons (Fsp3) is 0.333. The van der Waals surface area contributed by atoms with Crippen LogP contribution in [0.15, 0.2) is 36.7 Å². The summed E-state index contributed by atoms with van der Waals surface area (Å²) in [5, 5.41) is 0.0700. The zero-order valence-corrected chi connectivity index (χ0v) is 13.7. The van der Waals surface area contributed by atoms with E-state index >= 15 is 0 Å². The molecular weight excluding hydrogens is 331 g/mol. The zero-order valence-electron chi connectivity index (χ0n) is 12.9. The Balaban J connectivity index is 1.61. The maximum Gasteiger partial charge on any atom is 0.233 e. The second-order valence-electron chi connectivity index (χ2n) is 6.10. The second-order valence-corrected chi connectivity index (χ2v) is 6.51. The number of nitrogens with zero attached hydrogens (tertiary/aromatic N) is 2. The van der Waals surface area contributed by atoms with Gasteiger partial charge in [0.15, 0.2) is 0 Å². The van der Waals surface area contributed by atoms with Crippen LogP contribution in [0.1, 0.15) is 23.7 Å². The molecule has 1 aromatic heterocycles. The van der Waals surface area contributed by atoms with Gasteiger partial charge < -0.3 is 9.64 Å². The van der Waals surface area contributed by atoms with Crippen LogP contribution < -0.4 is 4.90 Å². The fourth-order valence-corrected chi connectivity index (χ4v) is 3.64. The molecule has 2 aliphatic heterocycles. The van der Waals surface area contributed by atoms with Crippen LogP contribution >= 0.6 is 11.6 Å². The summed E-state index contributed by atoms with van der Waals surface area (Å²) in [6, 6.07) is 6.46. The Labute approximate surface area is 144 Å². The predicted molar refractivity (Wildman–Crippen MR) is 88.5 cm³/mol. The number of aromatic nitrogens is 1. The van der Waals surface area contributed by atoms with Crippen LogP contribution in [-0.4, -0.2) is 24.0 Å².